The number of carbonyl (C=O) groups excluding carboxylic acids is 5. The second-order valence-electron chi connectivity index (χ2n) is 10.4. The van der Waals surface area contributed by atoms with Gasteiger partial charge in [0.15, 0.2) is 12.4 Å². The summed E-state index contributed by atoms with van der Waals surface area (Å²) in [6, 6.07) is 6.58. The number of ketones is 1. The van der Waals surface area contributed by atoms with E-state index in [4.69, 9.17) is 18.9 Å². The van der Waals surface area contributed by atoms with Gasteiger partial charge in [-0.3, -0.25) is 19.3 Å². The predicted octanol–water partition coefficient (Wildman–Crippen LogP) is 2.52. The summed E-state index contributed by atoms with van der Waals surface area (Å²) in [5.74, 6) is -1.05. The molecule has 0 aromatic heterocycles. The summed E-state index contributed by atoms with van der Waals surface area (Å²) in [4.78, 5) is 66.2. The first-order valence-electron chi connectivity index (χ1n) is 13.6. The molecule has 2 fully saturated rings. The third-order valence-electron chi connectivity index (χ3n) is 6.68. The number of ether oxygens (including phenoxy) is 4. The van der Waals surface area contributed by atoms with Gasteiger partial charge in [-0.2, -0.15) is 0 Å². The van der Waals surface area contributed by atoms with Crippen LogP contribution in [0.2, 0.25) is 0 Å². The van der Waals surface area contributed by atoms with Gasteiger partial charge in [0.1, 0.15) is 5.75 Å². The zero-order chi connectivity index (χ0) is 29.2. The van der Waals surface area contributed by atoms with Crippen LogP contribution in [-0.4, -0.2) is 109 Å². The Morgan fingerprint density at radius 2 is 1.59 bits per heavy atom. The third kappa shape index (κ3) is 10.5. The molecule has 2 heterocycles. The van der Waals surface area contributed by atoms with Gasteiger partial charge in [0, 0.05) is 37.8 Å². The van der Waals surface area contributed by atoms with E-state index < -0.39 is 24.8 Å². The molecule has 1 aromatic rings. The number of halogens is 1. The van der Waals surface area contributed by atoms with Gasteiger partial charge in [0.2, 0.25) is 12.7 Å². The van der Waals surface area contributed by atoms with E-state index >= 15 is 0 Å². The molecule has 0 radical (unpaired) electrons. The Labute approximate surface area is 246 Å². The molecule has 1 aromatic carbocycles. The minimum atomic E-state index is -0.525. The highest BCUT2D eigenvalue weighted by Crippen LogP contribution is 2.20. The molecule has 0 N–H and O–H groups in total. The van der Waals surface area contributed by atoms with E-state index in [0.29, 0.717) is 50.3 Å². The lowest BCUT2D eigenvalue weighted by atomic mass is 10.0. The third-order valence-corrected chi connectivity index (χ3v) is 6.68. The van der Waals surface area contributed by atoms with Crippen LogP contribution in [0.4, 0.5) is 4.79 Å². The van der Waals surface area contributed by atoms with Crippen molar-refractivity contribution < 1.29 is 42.9 Å². The molecule has 228 valence electrons. The molecule has 41 heavy (non-hydrogen) atoms. The van der Waals surface area contributed by atoms with E-state index in [-0.39, 0.29) is 61.9 Å². The molecule has 0 spiro atoms. The number of hydrogen-bond donors (Lipinski definition) is 0. The van der Waals surface area contributed by atoms with Crippen LogP contribution >= 0.6 is 12.4 Å². The van der Waals surface area contributed by atoms with Crippen LogP contribution in [0.5, 0.6) is 5.75 Å². The van der Waals surface area contributed by atoms with Crippen LogP contribution < -0.4 is 4.74 Å². The number of piperidine rings is 1. The van der Waals surface area contributed by atoms with E-state index in [2.05, 4.69) is 4.90 Å². The zero-order valence-electron chi connectivity index (χ0n) is 24.0. The Morgan fingerprint density at radius 1 is 0.927 bits per heavy atom. The highest BCUT2D eigenvalue weighted by Gasteiger charge is 2.33. The number of Topliss-reactive ketones (excluding diaryl/α,β-unsaturated/α-hetero) is 1. The number of esters is 2. The Balaban J connectivity index is 0.00000588. The molecule has 0 atom stereocenters. The van der Waals surface area contributed by atoms with Crippen LogP contribution in [0.3, 0.4) is 0 Å². The summed E-state index contributed by atoms with van der Waals surface area (Å²) < 4.78 is 20.3. The largest absolute Gasteiger partial charge is 0.482 e. The molecule has 12 nitrogen and oxygen atoms in total. The maximum absolute atomic E-state index is 12.8. The summed E-state index contributed by atoms with van der Waals surface area (Å²) in [7, 11) is 0. The molecule has 0 bridgehead atoms. The average molecular weight is 598 g/mol. The summed E-state index contributed by atoms with van der Waals surface area (Å²) in [5, 5.41) is 0. The van der Waals surface area contributed by atoms with E-state index in [1.165, 1.54) is 0 Å². The van der Waals surface area contributed by atoms with Gasteiger partial charge in [-0.05, 0) is 51.0 Å². The fourth-order valence-corrected chi connectivity index (χ4v) is 4.46. The molecule has 0 saturated carbocycles. The van der Waals surface area contributed by atoms with Crippen LogP contribution in [0.1, 0.15) is 50.9 Å². The van der Waals surface area contributed by atoms with Crippen molar-refractivity contribution in [1.82, 2.24) is 14.7 Å². The van der Waals surface area contributed by atoms with E-state index in [1.807, 2.05) is 0 Å². The first-order valence-corrected chi connectivity index (χ1v) is 13.6. The number of rotatable bonds is 11. The van der Waals surface area contributed by atoms with E-state index in [9.17, 15) is 24.0 Å². The van der Waals surface area contributed by atoms with Crippen molar-refractivity contribution in [3.63, 3.8) is 0 Å². The van der Waals surface area contributed by atoms with Gasteiger partial charge in [0.25, 0.3) is 0 Å². The number of benzene rings is 1. The molecule has 2 saturated heterocycles. The van der Waals surface area contributed by atoms with Crippen LogP contribution in [0.25, 0.3) is 0 Å². The molecule has 0 aliphatic carbocycles. The number of likely N-dealkylation sites (tertiary alicyclic amines) is 1. The van der Waals surface area contributed by atoms with Gasteiger partial charge < -0.3 is 28.7 Å². The van der Waals surface area contributed by atoms with Gasteiger partial charge in [-0.1, -0.05) is 13.8 Å². The molecule has 0 unspecified atom stereocenters. The van der Waals surface area contributed by atoms with Gasteiger partial charge in [-0.15, -0.1) is 12.4 Å². The van der Waals surface area contributed by atoms with Gasteiger partial charge >= 0.3 is 18.0 Å². The fraction of sp³-hybridized carbons (Fsp3) is 0.607. The highest BCUT2D eigenvalue weighted by atomic mass is 35.5. The summed E-state index contributed by atoms with van der Waals surface area (Å²) in [6.07, 6.45) is 0.634. The maximum Gasteiger partial charge on any atom is 0.412 e. The van der Waals surface area contributed by atoms with Crippen molar-refractivity contribution in [1.29, 1.82) is 0 Å². The maximum atomic E-state index is 12.8. The molecule has 2 aliphatic rings. The second kappa shape index (κ2) is 16.2. The molecule has 2 aliphatic heterocycles. The highest BCUT2D eigenvalue weighted by molar-refractivity contribution is 5.99. The second-order valence-corrected chi connectivity index (χ2v) is 10.4. The monoisotopic (exact) mass is 597 g/mol. The van der Waals surface area contributed by atoms with Crippen LogP contribution in [0, 0.1) is 5.92 Å². The molecule has 2 amide bonds. The molecular weight excluding hydrogens is 558 g/mol. The van der Waals surface area contributed by atoms with Crippen molar-refractivity contribution in [3.05, 3.63) is 29.8 Å². The SMILES string of the molecule is CC(C)OC(=O)COc1ccc(C(=O)CN2CCN(C3CCN(C(=O)OCOC(=O)C(C)C)CC3)CC2=O)cc1.Cl. The number of piperazine rings is 1. The number of hydrogen-bond acceptors (Lipinski definition) is 10. The van der Waals surface area contributed by atoms with Crippen molar-refractivity contribution >= 4 is 42.1 Å². The Kier molecular flexibility index (Phi) is 13.3. The average Bonchev–Trinajstić information content (AvgIpc) is 2.92. The quantitative estimate of drug-likeness (QED) is 0.213. The number of nitrogens with zero attached hydrogens (tertiary/aromatic N) is 3. The zero-order valence-corrected chi connectivity index (χ0v) is 24.9. The van der Waals surface area contributed by atoms with Gasteiger partial charge in [-0.25, -0.2) is 9.59 Å². The Hall–Kier alpha value is -3.38. The number of carbonyl (C=O) groups is 5. The van der Waals surface area contributed by atoms with Crippen molar-refractivity contribution in [2.24, 2.45) is 5.92 Å². The minimum absolute atomic E-state index is 0. The van der Waals surface area contributed by atoms with Crippen molar-refractivity contribution in [2.75, 3.05) is 52.7 Å². The lowest BCUT2D eigenvalue weighted by Crippen LogP contribution is -2.56. The molecular formula is C28H40ClN3O9. The van der Waals surface area contributed by atoms with Crippen molar-refractivity contribution in [3.8, 4) is 5.75 Å². The fourth-order valence-electron chi connectivity index (χ4n) is 4.46. The van der Waals surface area contributed by atoms with Crippen molar-refractivity contribution in [2.45, 2.75) is 52.7 Å². The Bertz CT molecular complexity index is 1060. The first kappa shape index (κ1) is 33.8. The minimum Gasteiger partial charge on any atom is -0.482 e. The Morgan fingerprint density at radius 3 is 2.17 bits per heavy atom. The number of amides is 2. The smallest absolute Gasteiger partial charge is 0.412 e. The van der Waals surface area contributed by atoms with E-state index in [0.717, 1.165) is 0 Å². The lowest BCUT2D eigenvalue weighted by molar-refractivity contribution is -0.156. The summed E-state index contributed by atoms with van der Waals surface area (Å²) in [5.41, 5.74) is 0.450. The van der Waals surface area contributed by atoms with E-state index in [1.54, 1.807) is 61.8 Å². The lowest BCUT2D eigenvalue weighted by Gasteiger charge is -2.41. The van der Waals surface area contributed by atoms with Gasteiger partial charge in [0.05, 0.1) is 25.1 Å². The molecule has 3 rings (SSSR count). The summed E-state index contributed by atoms with van der Waals surface area (Å²) in [6.45, 7) is 8.52. The standard InChI is InChI=1S/C28H39N3O9.ClH/c1-19(2)27(35)38-18-39-28(36)29-11-9-22(10-12-29)30-13-14-31(25(33)16-30)15-24(32)21-5-7-23(8-6-21)37-17-26(34)40-20(3)4;/h5-8,19-20,22H,9-18H2,1-4H3;1H. The first-order chi connectivity index (χ1) is 19.0. The van der Waals surface area contributed by atoms with Crippen LogP contribution in [0.15, 0.2) is 24.3 Å². The topological polar surface area (TPSA) is 132 Å². The normalized spacial score (nSPS) is 16.3. The predicted molar refractivity (Wildman–Crippen MR) is 150 cm³/mol. The summed E-state index contributed by atoms with van der Waals surface area (Å²) >= 11 is 0. The van der Waals surface area contributed by atoms with Crippen LogP contribution in [-0.2, 0) is 28.6 Å². The molecule has 13 heteroatoms.